The van der Waals surface area contributed by atoms with Crippen molar-refractivity contribution >= 4 is 11.6 Å². The van der Waals surface area contributed by atoms with Gasteiger partial charge in [0.05, 0.1) is 5.56 Å². The number of halogens is 1. The third-order valence-corrected chi connectivity index (χ3v) is 2.55. The maximum Gasteiger partial charge on any atom is 0.251 e. The SMILES string of the molecule is Cc1cnc(Oc2ccc(C(N)=O)c(F)c2)cc1N. The topological polar surface area (TPSA) is 91.2 Å². The number of amides is 1. The van der Waals surface area contributed by atoms with Crippen LogP contribution in [0.4, 0.5) is 10.1 Å². The number of aryl methyl sites for hydroxylation is 1. The summed E-state index contributed by atoms with van der Waals surface area (Å²) in [5.41, 5.74) is 11.9. The van der Waals surface area contributed by atoms with E-state index in [-0.39, 0.29) is 17.2 Å². The molecule has 0 aliphatic heterocycles. The van der Waals surface area contributed by atoms with Gasteiger partial charge < -0.3 is 16.2 Å². The molecule has 4 N–H and O–H groups in total. The van der Waals surface area contributed by atoms with E-state index in [0.29, 0.717) is 5.69 Å². The van der Waals surface area contributed by atoms with Crippen molar-refractivity contribution in [2.75, 3.05) is 5.73 Å². The molecule has 6 heteroatoms. The van der Waals surface area contributed by atoms with Gasteiger partial charge in [0, 0.05) is 24.0 Å². The van der Waals surface area contributed by atoms with E-state index in [9.17, 15) is 9.18 Å². The van der Waals surface area contributed by atoms with E-state index in [0.717, 1.165) is 11.6 Å². The monoisotopic (exact) mass is 261 g/mol. The van der Waals surface area contributed by atoms with Gasteiger partial charge in [-0.3, -0.25) is 4.79 Å². The van der Waals surface area contributed by atoms with Crippen LogP contribution in [-0.4, -0.2) is 10.9 Å². The molecule has 0 unspecified atom stereocenters. The van der Waals surface area contributed by atoms with Gasteiger partial charge in [-0.05, 0) is 24.6 Å². The summed E-state index contributed by atoms with van der Waals surface area (Å²) >= 11 is 0. The number of rotatable bonds is 3. The Morgan fingerprint density at radius 1 is 1.37 bits per heavy atom. The Bertz CT molecular complexity index is 644. The molecule has 0 aliphatic rings. The molecule has 98 valence electrons. The summed E-state index contributed by atoms with van der Waals surface area (Å²) in [6.45, 7) is 1.81. The minimum atomic E-state index is -0.832. The quantitative estimate of drug-likeness (QED) is 0.884. The first-order valence-electron chi connectivity index (χ1n) is 5.46. The zero-order chi connectivity index (χ0) is 14.0. The molecule has 0 radical (unpaired) electrons. The lowest BCUT2D eigenvalue weighted by atomic mass is 10.2. The van der Waals surface area contributed by atoms with Crippen LogP contribution in [0, 0.1) is 12.7 Å². The summed E-state index contributed by atoms with van der Waals surface area (Å²) in [6, 6.07) is 5.29. The number of nitrogen functional groups attached to an aromatic ring is 1. The van der Waals surface area contributed by atoms with Gasteiger partial charge in [-0.25, -0.2) is 9.37 Å². The van der Waals surface area contributed by atoms with Crippen LogP contribution in [0.25, 0.3) is 0 Å². The molecule has 0 fully saturated rings. The molecule has 0 saturated carbocycles. The minimum absolute atomic E-state index is 0.191. The highest BCUT2D eigenvalue weighted by Crippen LogP contribution is 2.24. The number of nitrogens with zero attached hydrogens (tertiary/aromatic N) is 1. The van der Waals surface area contributed by atoms with E-state index in [1.165, 1.54) is 18.2 Å². The predicted molar refractivity (Wildman–Crippen MR) is 68.4 cm³/mol. The van der Waals surface area contributed by atoms with E-state index >= 15 is 0 Å². The third kappa shape index (κ3) is 2.79. The van der Waals surface area contributed by atoms with Crippen molar-refractivity contribution in [2.24, 2.45) is 5.73 Å². The van der Waals surface area contributed by atoms with Crippen LogP contribution in [0.3, 0.4) is 0 Å². The molecular formula is C13H12FN3O2. The molecule has 1 amide bonds. The molecule has 0 aliphatic carbocycles. The number of ether oxygens (including phenoxy) is 1. The Kier molecular flexibility index (Phi) is 3.33. The second kappa shape index (κ2) is 4.93. The lowest BCUT2D eigenvalue weighted by molar-refractivity contribution is 0.0996. The number of hydrogen-bond donors (Lipinski definition) is 2. The summed E-state index contributed by atoms with van der Waals surface area (Å²) in [4.78, 5) is 14.9. The largest absolute Gasteiger partial charge is 0.439 e. The summed E-state index contributed by atoms with van der Waals surface area (Å²) in [7, 11) is 0. The van der Waals surface area contributed by atoms with Crippen LogP contribution < -0.4 is 16.2 Å². The number of benzene rings is 1. The smallest absolute Gasteiger partial charge is 0.251 e. The number of pyridine rings is 1. The van der Waals surface area contributed by atoms with Gasteiger partial charge in [0.25, 0.3) is 5.91 Å². The molecule has 0 bridgehead atoms. The second-order valence-corrected chi connectivity index (χ2v) is 3.99. The molecular weight excluding hydrogens is 249 g/mol. The second-order valence-electron chi connectivity index (χ2n) is 3.99. The number of nitrogens with two attached hydrogens (primary N) is 2. The predicted octanol–water partition coefficient (Wildman–Crippen LogP) is 2.00. The van der Waals surface area contributed by atoms with Crippen molar-refractivity contribution < 1.29 is 13.9 Å². The van der Waals surface area contributed by atoms with Crippen molar-refractivity contribution in [2.45, 2.75) is 6.92 Å². The van der Waals surface area contributed by atoms with Crippen LogP contribution in [-0.2, 0) is 0 Å². The third-order valence-electron chi connectivity index (χ3n) is 2.55. The fourth-order valence-electron chi connectivity index (χ4n) is 1.45. The average molecular weight is 261 g/mol. The van der Waals surface area contributed by atoms with E-state index in [2.05, 4.69) is 4.98 Å². The Morgan fingerprint density at radius 2 is 2.11 bits per heavy atom. The van der Waals surface area contributed by atoms with Crippen LogP contribution in [0.1, 0.15) is 15.9 Å². The van der Waals surface area contributed by atoms with Gasteiger partial charge in [-0.1, -0.05) is 0 Å². The van der Waals surface area contributed by atoms with Crippen LogP contribution in [0.5, 0.6) is 11.6 Å². The molecule has 2 aromatic rings. The van der Waals surface area contributed by atoms with Crippen molar-refractivity contribution in [3.63, 3.8) is 0 Å². The fourth-order valence-corrected chi connectivity index (χ4v) is 1.45. The summed E-state index contributed by atoms with van der Waals surface area (Å²) in [6.07, 6.45) is 1.55. The summed E-state index contributed by atoms with van der Waals surface area (Å²) in [5, 5.41) is 0. The number of aromatic nitrogens is 1. The maximum absolute atomic E-state index is 13.5. The van der Waals surface area contributed by atoms with Crippen LogP contribution in [0.15, 0.2) is 30.5 Å². The van der Waals surface area contributed by atoms with Gasteiger partial charge in [-0.2, -0.15) is 0 Å². The number of carbonyl (C=O) groups excluding carboxylic acids is 1. The van der Waals surface area contributed by atoms with Crippen LogP contribution in [0.2, 0.25) is 0 Å². The highest BCUT2D eigenvalue weighted by Gasteiger charge is 2.10. The van der Waals surface area contributed by atoms with E-state index in [4.69, 9.17) is 16.2 Å². The highest BCUT2D eigenvalue weighted by molar-refractivity contribution is 5.93. The first kappa shape index (κ1) is 12.8. The maximum atomic E-state index is 13.5. The molecule has 1 heterocycles. The number of hydrogen-bond acceptors (Lipinski definition) is 4. The van der Waals surface area contributed by atoms with Gasteiger partial charge in [-0.15, -0.1) is 0 Å². The molecule has 1 aromatic carbocycles. The van der Waals surface area contributed by atoms with Crippen molar-refractivity contribution in [3.8, 4) is 11.6 Å². The first-order valence-corrected chi connectivity index (χ1v) is 5.46. The average Bonchev–Trinajstić information content (AvgIpc) is 2.33. The summed E-state index contributed by atoms with van der Waals surface area (Å²) < 4.78 is 18.9. The van der Waals surface area contributed by atoms with Crippen molar-refractivity contribution in [1.29, 1.82) is 0 Å². The van der Waals surface area contributed by atoms with Crippen molar-refractivity contribution in [1.82, 2.24) is 4.98 Å². The first-order chi connectivity index (χ1) is 8.97. The van der Waals surface area contributed by atoms with Crippen molar-refractivity contribution in [3.05, 3.63) is 47.4 Å². The molecule has 5 nitrogen and oxygen atoms in total. The Labute approximate surface area is 109 Å². The standard InChI is InChI=1S/C13H12FN3O2/c1-7-6-17-12(5-11(7)15)19-8-2-3-9(13(16)18)10(14)4-8/h2-6H,1H3,(H2,15,17)(H2,16,18). The molecule has 0 atom stereocenters. The highest BCUT2D eigenvalue weighted by atomic mass is 19.1. The molecule has 19 heavy (non-hydrogen) atoms. The number of anilines is 1. The Balaban J connectivity index is 2.26. The van der Waals surface area contributed by atoms with Gasteiger partial charge in [0.1, 0.15) is 11.6 Å². The molecule has 0 saturated heterocycles. The number of carbonyl (C=O) groups is 1. The van der Waals surface area contributed by atoms with Crippen LogP contribution >= 0.6 is 0 Å². The lowest BCUT2D eigenvalue weighted by Gasteiger charge is -2.07. The molecule has 1 aromatic heterocycles. The summed E-state index contributed by atoms with van der Waals surface area (Å²) in [5.74, 6) is -1.13. The van der Waals surface area contributed by atoms with E-state index in [1.807, 2.05) is 6.92 Å². The zero-order valence-corrected chi connectivity index (χ0v) is 10.2. The lowest BCUT2D eigenvalue weighted by Crippen LogP contribution is -2.12. The number of primary amides is 1. The Morgan fingerprint density at radius 3 is 2.68 bits per heavy atom. The van der Waals surface area contributed by atoms with Gasteiger partial charge >= 0.3 is 0 Å². The van der Waals surface area contributed by atoms with E-state index in [1.54, 1.807) is 6.20 Å². The van der Waals surface area contributed by atoms with E-state index < -0.39 is 11.7 Å². The van der Waals surface area contributed by atoms with Gasteiger partial charge in [0.2, 0.25) is 5.88 Å². The zero-order valence-electron chi connectivity index (χ0n) is 10.2. The molecule has 2 rings (SSSR count). The normalized spacial score (nSPS) is 10.2. The fraction of sp³-hybridized carbons (Fsp3) is 0.0769. The minimum Gasteiger partial charge on any atom is -0.439 e. The Hall–Kier alpha value is -2.63. The van der Waals surface area contributed by atoms with Gasteiger partial charge in [0.15, 0.2) is 0 Å². The molecule has 0 spiro atoms.